The Bertz CT molecular complexity index is 325. The highest BCUT2D eigenvalue weighted by molar-refractivity contribution is 5.50. The van der Waals surface area contributed by atoms with Crippen molar-refractivity contribution >= 4 is 0 Å². The summed E-state index contributed by atoms with van der Waals surface area (Å²) in [5.41, 5.74) is 2.92. The van der Waals surface area contributed by atoms with E-state index in [0.29, 0.717) is 11.8 Å². The minimum atomic E-state index is 0.625. The minimum Gasteiger partial charge on any atom is -0.0761 e. The summed E-state index contributed by atoms with van der Waals surface area (Å²) in [6.07, 6.45) is 17.8. The molecule has 0 aromatic rings. The zero-order valence-corrected chi connectivity index (χ0v) is 6.77. The molecule has 0 saturated heterocycles. The third-order valence-corrected chi connectivity index (χ3v) is 2.84. The van der Waals surface area contributed by atoms with E-state index in [2.05, 4.69) is 48.6 Å². The molecular formula is C12H10. The molecule has 0 spiro atoms. The van der Waals surface area contributed by atoms with Gasteiger partial charge in [0.1, 0.15) is 0 Å². The van der Waals surface area contributed by atoms with Crippen molar-refractivity contribution in [2.45, 2.75) is 0 Å². The average Bonchev–Trinajstić information content (AvgIpc) is 2.71. The van der Waals surface area contributed by atoms with Gasteiger partial charge in [0, 0.05) is 11.8 Å². The molecule has 0 aromatic heterocycles. The third kappa shape index (κ3) is 0.672. The minimum absolute atomic E-state index is 0.625. The molecule has 0 heteroatoms. The third-order valence-electron chi connectivity index (χ3n) is 2.84. The predicted molar refractivity (Wildman–Crippen MR) is 50.6 cm³/mol. The van der Waals surface area contributed by atoms with Gasteiger partial charge in [0.2, 0.25) is 0 Å². The first-order valence-electron chi connectivity index (χ1n) is 4.40. The summed E-state index contributed by atoms with van der Waals surface area (Å²) in [5.74, 6) is 1.25. The highest BCUT2D eigenvalue weighted by Gasteiger charge is 2.28. The van der Waals surface area contributed by atoms with Gasteiger partial charge in [-0.25, -0.2) is 0 Å². The highest BCUT2D eigenvalue weighted by atomic mass is 14.3. The summed E-state index contributed by atoms with van der Waals surface area (Å²) in [5, 5.41) is 0. The van der Waals surface area contributed by atoms with Crippen LogP contribution < -0.4 is 0 Å². The van der Waals surface area contributed by atoms with E-state index < -0.39 is 0 Å². The zero-order valence-electron chi connectivity index (χ0n) is 6.77. The largest absolute Gasteiger partial charge is 0.0761 e. The maximum atomic E-state index is 2.30. The monoisotopic (exact) mass is 154 g/mol. The summed E-state index contributed by atoms with van der Waals surface area (Å²) in [6.45, 7) is 0. The highest BCUT2D eigenvalue weighted by Crippen LogP contribution is 2.40. The van der Waals surface area contributed by atoms with Crippen molar-refractivity contribution in [1.29, 1.82) is 0 Å². The lowest BCUT2D eigenvalue weighted by Crippen LogP contribution is -2.13. The van der Waals surface area contributed by atoms with Crippen molar-refractivity contribution in [2.24, 2.45) is 11.8 Å². The van der Waals surface area contributed by atoms with E-state index >= 15 is 0 Å². The molecule has 3 aliphatic rings. The van der Waals surface area contributed by atoms with E-state index in [4.69, 9.17) is 0 Å². The van der Waals surface area contributed by atoms with Crippen LogP contribution in [0.15, 0.2) is 59.8 Å². The summed E-state index contributed by atoms with van der Waals surface area (Å²) >= 11 is 0. The molecule has 2 atom stereocenters. The van der Waals surface area contributed by atoms with E-state index in [1.54, 1.807) is 0 Å². The van der Waals surface area contributed by atoms with Crippen LogP contribution in [0.5, 0.6) is 0 Å². The molecular weight excluding hydrogens is 144 g/mol. The Morgan fingerprint density at radius 2 is 1.25 bits per heavy atom. The first-order valence-corrected chi connectivity index (χ1v) is 4.40. The lowest BCUT2D eigenvalue weighted by Gasteiger charge is -2.23. The summed E-state index contributed by atoms with van der Waals surface area (Å²) < 4.78 is 0. The van der Waals surface area contributed by atoms with Crippen LogP contribution in [0.4, 0.5) is 0 Å². The standard InChI is InChI=1S/C12H10/c1-3-9-7-8-10-4-2-6-12(10)11(9)5-1/h1-8,11-12H. The van der Waals surface area contributed by atoms with Crippen LogP contribution in [-0.4, -0.2) is 0 Å². The Labute approximate surface area is 72.3 Å². The van der Waals surface area contributed by atoms with Crippen molar-refractivity contribution in [3.8, 4) is 0 Å². The van der Waals surface area contributed by atoms with Crippen molar-refractivity contribution in [3.63, 3.8) is 0 Å². The molecule has 0 nitrogen and oxygen atoms in total. The lowest BCUT2D eigenvalue weighted by atomic mass is 9.80. The first-order chi connectivity index (χ1) is 5.95. The normalized spacial score (nSPS) is 34.7. The second-order valence-electron chi connectivity index (χ2n) is 3.49. The molecule has 0 heterocycles. The van der Waals surface area contributed by atoms with E-state index in [9.17, 15) is 0 Å². The molecule has 3 aliphatic carbocycles. The van der Waals surface area contributed by atoms with Gasteiger partial charge in [-0.3, -0.25) is 0 Å². The predicted octanol–water partition coefficient (Wildman–Crippen LogP) is 2.78. The molecule has 0 aliphatic heterocycles. The quantitative estimate of drug-likeness (QED) is 0.503. The van der Waals surface area contributed by atoms with Crippen LogP contribution >= 0.6 is 0 Å². The van der Waals surface area contributed by atoms with Gasteiger partial charge in [0.15, 0.2) is 0 Å². The molecule has 0 radical (unpaired) electrons. The Morgan fingerprint density at radius 1 is 0.750 bits per heavy atom. The van der Waals surface area contributed by atoms with Crippen LogP contribution in [0, 0.1) is 11.8 Å². The van der Waals surface area contributed by atoms with Gasteiger partial charge in [-0.2, -0.15) is 0 Å². The van der Waals surface area contributed by atoms with Gasteiger partial charge in [-0.15, -0.1) is 0 Å². The molecule has 2 unspecified atom stereocenters. The number of hydrogen-bond donors (Lipinski definition) is 0. The van der Waals surface area contributed by atoms with Gasteiger partial charge in [-0.1, -0.05) is 48.6 Å². The fourth-order valence-corrected chi connectivity index (χ4v) is 2.20. The van der Waals surface area contributed by atoms with Crippen LogP contribution in [0.25, 0.3) is 0 Å². The topological polar surface area (TPSA) is 0 Å². The number of fused-ring (bicyclic) bond motifs is 3. The fraction of sp³-hybridized carbons (Fsp3) is 0.167. The number of hydrogen-bond acceptors (Lipinski definition) is 0. The molecule has 0 aromatic carbocycles. The van der Waals surface area contributed by atoms with Crippen LogP contribution in [0.1, 0.15) is 0 Å². The Balaban J connectivity index is 2.13. The fourth-order valence-electron chi connectivity index (χ4n) is 2.20. The van der Waals surface area contributed by atoms with Crippen molar-refractivity contribution < 1.29 is 0 Å². The zero-order chi connectivity index (χ0) is 7.97. The molecule has 0 fully saturated rings. The molecule has 12 heavy (non-hydrogen) atoms. The molecule has 0 bridgehead atoms. The second kappa shape index (κ2) is 2.10. The van der Waals surface area contributed by atoms with Gasteiger partial charge in [0.25, 0.3) is 0 Å². The number of rotatable bonds is 0. The maximum absolute atomic E-state index is 2.30. The average molecular weight is 154 g/mol. The van der Waals surface area contributed by atoms with Crippen molar-refractivity contribution in [3.05, 3.63) is 59.8 Å². The van der Waals surface area contributed by atoms with Gasteiger partial charge < -0.3 is 0 Å². The van der Waals surface area contributed by atoms with Crippen molar-refractivity contribution in [1.82, 2.24) is 0 Å². The molecule has 0 amide bonds. The molecule has 58 valence electrons. The molecule has 0 saturated carbocycles. The van der Waals surface area contributed by atoms with E-state index in [1.807, 2.05) is 0 Å². The summed E-state index contributed by atoms with van der Waals surface area (Å²) in [7, 11) is 0. The van der Waals surface area contributed by atoms with Gasteiger partial charge >= 0.3 is 0 Å². The lowest BCUT2D eigenvalue weighted by molar-refractivity contribution is 0.634. The summed E-state index contributed by atoms with van der Waals surface area (Å²) in [6, 6.07) is 0. The summed E-state index contributed by atoms with van der Waals surface area (Å²) in [4.78, 5) is 0. The Hall–Kier alpha value is -1.30. The van der Waals surface area contributed by atoms with E-state index in [1.165, 1.54) is 11.1 Å². The SMILES string of the molecule is C1=CC2C(=C1)C=CC1=CC=CC12. The number of allylic oxidation sites excluding steroid dienone is 10. The Morgan fingerprint density at radius 3 is 1.75 bits per heavy atom. The van der Waals surface area contributed by atoms with Gasteiger partial charge in [0.05, 0.1) is 0 Å². The second-order valence-corrected chi connectivity index (χ2v) is 3.49. The first kappa shape index (κ1) is 6.24. The Kier molecular flexibility index (Phi) is 1.09. The molecule has 3 rings (SSSR count). The van der Waals surface area contributed by atoms with Crippen LogP contribution in [-0.2, 0) is 0 Å². The van der Waals surface area contributed by atoms with Crippen molar-refractivity contribution in [2.75, 3.05) is 0 Å². The van der Waals surface area contributed by atoms with Crippen LogP contribution in [0.2, 0.25) is 0 Å². The van der Waals surface area contributed by atoms with E-state index in [0.717, 1.165) is 0 Å². The van der Waals surface area contributed by atoms with Gasteiger partial charge in [-0.05, 0) is 11.1 Å². The van der Waals surface area contributed by atoms with Crippen LogP contribution in [0.3, 0.4) is 0 Å². The van der Waals surface area contributed by atoms with E-state index in [-0.39, 0.29) is 0 Å². The molecule has 0 N–H and O–H groups in total. The smallest absolute Gasteiger partial charge is 0.0125 e. The maximum Gasteiger partial charge on any atom is 0.0125 e.